The van der Waals surface area contributed by atoms with E-state index in [1.165, 1.54) is 4.90 Å². The Morgan fingerprint density at radius 2 is 1.09 bits per heavy atom. The summed E-state index contributed by atoms with van der Waals surface area (Å²) in [6.45, 7) is 15.6. The Hall–Kier alpha value is -4.08. The maximum absolute atomic E-state index is 14.1. The summed E-state index contributed by atoms with van der Waals surface area (Å²) in [6.07, 6.45) is 1.13. The number of nitrogens with zero attached hydrogens (tertiary/aromatic N) is 1. The van der Waals surface area contributed by atoms with Gasteiger partial charge >= 0.3 is 23.9 Å². The maximum Gasteiger partial charge on any atom is 0.308 e. The van der Waals surface area contributed by atoms with Gasteiger partial charge in [-0.05, 0) is 87.1 Å². The van der Waals surface area contributed by atoms with Gasteiger partial charge < -0.3 is 43.4 Å². The molecule has 322 valence electrons. The van der Waals surface area contributed by atoms with E-state index in [1.807, 2.05) is 30.3 Å². The van der Waals surface area contributed by atoms with Crippen molar-refractivity contribution >= 4 is 35.7 Å². The molecule has 57 heavy (non-hydrogen) atoms. The highest BCUT2D eigenvalue weighted by Crippen LogP contribution is 2.22. The molecule has 0 bridgehead atoms. The number of carbonyl (C=O) groups is 6. The normalized spacial score (nSPS) is 14.8. The Morgan fingerprint density at radius 1 is 0.632 bits per heavy atom. The average Bonchev–Trinajstić information content (AvgIpc) is 3.59. The lowest BCUT2D eigenvalue weighted by Crippen LogP contribution is -2.62. The summed E-state index contributed by atoms with van der Waals surface area (Å²) in [5.74, 6) is -2.58. The summed E-state index contributed by atoms with van der Waals surface area (Å²) in [7, 11) is 0. The van der Waals surface area contributed by atoms with Crippen molar-refractivity contribution in [3.63, 3.8) is 0 Å². The molecule has 1 aromatic rings. The first kappa shape index (κ1) is 49.1. The number of hydrogen-bond acceptors (Lipinski definition) is 13. The summed E-state index contributed by atoms with van der Waals surface area (Å²) in [5, 5.41) is 3.01. The molecule has 1 aliphatic heterocycles. The minimum absolute atomic E-state index is 0.0463. The average molecular weight is 807 g/mol. The SMILES string of the molecule is CC(C)(C)OC(=O)CCOCC(COCCC(=O)OC(C)(C)C)(COCCC(=O)OC(C)(C)C)NC(=O)C1CCCN1C(=O)CCCC(=O)OCc1ccccc1. The second-order valence-electron chi connectivity index (χ2n) is 17.2. The minimum Gasteiger partial charge on any atom is -0.461 e. The minimum atomic E-state index is -1.38. The monoisotopic (exact) mass is 806 g/mol. The van der Waals surface area contributed by atoms with E-state index >= 15 is 0 Å². The first-order valence-electron chi connectivity index (χ1n) is 19.8. The van der Waals surface area contributed by atoms with Crippen LogP contribution in [0.5, 0.6) is 0 Å². The summed E-state index contributed by atoms with van der Waals surface area (Å²) < 4.78 is 39.4. The summed E-state index contributed by atoms with van der Waals surface area (Å²) in [4.78, 5) is 78.6. The molecule has 1 aliphatic rings. The molecule has 15 nitrogen and oxygen atoms in total. The van der Waals surface area contributed by atoms with Crippen LogP contribution in [0.4, 0.5) is 0 Å². The highest BCUT2D eigenvalue weighted by molar-refractivity contribution is 5.89. The molecule has 1 aromatic carbocycles. The highest BCUT2D eigenvalue weighted by atomic mass is 16.6. The van der Waals surface area contributed by atoms with Crippen molar-refractivity contribution in [3.8, 4) is 0 Å². The van der Waals surface area contributed by atoms with E-state index in [4.69, 9.17) is 33.2 Å². The fourth-order valence-electron chi connectivity index (χ4n) is 5.70. The van der Waals surface area contributed by atoms with Crippen molar-refractivity contribution in [2.45, 2.75) is 149 Å². The Balaban J connectivity index is 2.18. The lowest BCUT2D eigenvalue weighted by molar-refractivity contribution is -0.157. The zero-order valence-electron chi connectivity index (χ0n) is 35.5. The van der Waals surface area contributed by atoms with Crippen LogP contribution in [-0.4, -0.2) is 115 Å². The molecule has 0 aliphatic carbocycles. The summed E-state index contributed by atoms with van der Waals surface area (Å²) in [5.41, 5.74) is -2.58. The van der Waals surface area contributed by atoms with Gasteiger partial charge in [-0.2, -0.15) is 0 Å². The number of esters is 4. The van der Waals surface area contributed by atoms with Gasteiger partial charge in [-0.3, -0.25) is 28.8 Å². The summed E-state index contributed by atoms with van der Waals surface area (Å²) >= 11 is 0. The Labute approximate surface area is 338 Å². The molecule has 0 radical (unpaired) electrons. The van der Waals surface area contributed by atoms with Gasteiger partial charge in [-0.1, -0.05) is 30.3 Å². The zero-order valence-corrected chi connectivity index (χ0v) is 35.5. The Kier molecular flexibility index (Phi) is 20.1. The number of ether oxygens (including phenoxy) is 7. The molecule has 0 aromatic heterocycles. The van der Waals surface area contributed by atoms with Crippen molar-refractivity contribution < 1.29 is 61.9 Å². The van der Waals surface area contributed by atoms with Gasteiger partial charge in [0.2, 0.25) is 11.8 Å². The molecular formula is C42H66N2O13. The molecule has 1 unspecified atom stereocenters. The van der Waals surface area contributed by atoms with Crippen LogP contribution in [0.25, 0.3) is 0 Å². The van der Waals surface area contributed by atoms with Crippen LogP contribution in [0, 0.1) is 0 Å². The standard InChI is InChI=1S/C42H66N2O13/c1-39(2,3)55-35(47)20-24-51-28-42(29-52-25-21-36(48)56-40(4,5)6,30-53-26-22-37(49)57-41(7,8)9)43-38(50)32-17-14-23-44(32)33(45)18-13-19-34(46)54-27-31-15-11-10-12-16-31/h10-12,15-16,32H,13-14,17-30H2,1-9H3,(H,43,50). The van der Waals surface area contributed by atoms with Crippen LogP contribution in [0.2, 0.25) is 0 Å². The van der Waals surface area contributed by atoms with E-state index in [9.17, 15) is 28.8 Å². The lowest BCUT2D eigenvalue weighted by Gasteiger charge is -2.36. The first-order valence-corrected chi connectivity index (χ1v) is 19.8. The van der Waals surface area contributed by atoms with Gasteiger partial charge in [0, 0.05) is 19.4 Å². The second kappa shape index (κ2) is 23.4. The van der Waals surface area contributed by atoms with E-state index in [0.717, 1.165) is 5.56 Å². The van der Waals surface area contributed by atoms with E-state index in [1.54, 1.807) is 62.3 Å². The molecule has 15 heteroatoms. The molecule has 1 fully saturated rings. The maximum atomic E-state index is 14.1. The zero-order chi connectivity index (χ0) is 42.7. The number of carbonyl (C=O) groups excluding carboxylic acids is 6. The molecule has 0 spiro atoms. The number of nitrogens with one attached hydrogen (secondary N) is 1. The predicted molar refractivity (Wildman–Crippen MR) is 210 cm³/mol. The molecule has 2 rings (SSSR count). The molecule has 1 heterocycles. The van der Waals surface area contributed by atoms with E-state index < -0.39 is 58.2 Å². The summed E-state index contributed by atoms with van der Waals surface area (Å²) in [6, 6.07) is 8.46. The molecule has 1 atom stereocenters. The molecule has 1 saturated heterocycles. The Bertz CT molecular complexity index is 1360. The number of rotatable bonds is 23. The van der Waals surface area contributed by atoms with E-state index in [-0.39, 0.29) is 90.7 Å². The molecule has 0 saturated carbocycles. The van der Waals surface area contributed by atoms with Crippen LogP contribution in [0.3, 0.4) is 0 Å². The largest absolute Gasteiger partial charge is 0.461 e. The third kappa shape index (κ3) is 21.9. The third-order valence-corrected chi connectivity index (χ3v) is 8.03. The fraction of sp³-hybridized carbons (Fsp3) is 0.714. The number of amides is 2. The van der Waals surface area contributed by atoms with Crippen LogP contribution in [0.1, 0.15) is 119 Å². The quantitative estimate of drug-likeness (QED) is 0.0888. The van der Waals surface area contributed by atoms with Crippen molar-refractivity contribution in [3.05, 3.63) is 35.9 Å². The first-order chi connectivity index (χ1) is 26.6. The van der Waals surface area contributed by atoms with Crippen LogP contribution in [-0.2, 0) is 68.5 Å². The van der Waals surface area contributed by atoms with Gasteiger partial charge in [-0.15, -0.1) is 0 Å². The number of likely N-dealkylation sites (tertiary alicyclic amines) is 1. The predicted octanol–water partition coefficient (Wildman–Crippen LogP) is 4.99. The van der Waals surface area contributed by atoms with Crippen molar-refractivity contribution in [2.75, 3.05) is 46.2 Å². The number of benzene rings is 1. The highest BCUT2D eigenvalue weighted by Gasteiger charge is 2.40. The topological polar surface area (TPSA) is 182 Å². The Morgan fingerprint density at radius 3 is 1.53 bits per heavy atom. The molecular weight excluding hydrogens is 740 g/mol. The van der Waals surface area contributed by atoms with E-state index in [2.05, 4.69) is 5.32 Å². The molecule has 1 N–H and O–H groups in total. The second-order valence-corrected chi connectivity index (χ2v) is 17.2. The van der Waals surface area contributed by atoms with Crippen molar-refractivity contribution in [2.24, 2.45) is 0 Å². The molecule has 2 amide bonds. The van der Waals surface area contributed by atoms with Gasteiger partial charge in [-0.25, -0.2) is 0 Å². The van der Waals surface area contributed by atoms with Crippen molar-refractivity contribution in [1.29, 1.82) is 0 Å². The van der Waals surface area contributed by atoms with E-state index in [0.29, 0.717) is 19.4 Å². The smallest absolute Gasteiger partial charge is 0.308 e. The fourth-order valence-corrected chi connectivity index (χ4v) is 5.70. The van der Waals surface area contributed by atoms with Crippen LogP contribution < -0.4 is 5.32 Å². The van der Waals surface area contributed by atoms with Gasteiger partial charge in [0.05, 0.1) is 58.9 Å². The van der Waals surface area contributed by atoms with Gasteiger partial charge in [0.15, 0.2) is 0 Å². The third-order valence-electron chi connectivity index (χ3n) is 8.03. The lowest BCUT2D eigenvalue weighted by atomic mass is 10.0. The van der Waals surface area contributed by atoms with Gasteiger partial charge in [0.25, 0.3) is 0 Å². The van der Waals surface area contributed by atoms with Crippen LogP contribution in [0.15, 0.2) is 30.3 Å². The van der Waals surface area contributed by atoms with Crippen molar-refractivity contribution in [1.82, 2.24) is 10.2 Å². The number of hydrogen-bond donors (Lipinski definition) is 1. The van der Waals surface area contributed by atoms with Crippen LogP contribution >= 0.6 is 0 Å². The van der Waals surface area contributed by atoms with Gasteiger partial charge in [0.1, 0.15) is 35.0 Å².